The number of nitrogens with zero attached hydrogens (tertiary/aromatic N) is 2. The molecule has 0 aromatic carbocycles. The Bertz CT molecular complexity index is 736. The highest BCUT2D eigenvalue weighted by Gasteiger charge is 2.24. The van der Waals surface area contributed by atoms with Crippen molar-refractivity contribution in [2.45, 2.75) is 31.9 Å². The number of aliphatic hydroxyl groups is 1. The van der Waals surface area contributed by atoms with Crippen LogP contribution in [0, 0.1) is 0 Å². The molecule has 0 spiro atoms. The average Bonchev–Trinajstić information content (AvgIpc) is 2.90. The molecule has 0 radical (unpaired) electrons. The molecule has 5 N–H and O–H groups in total. The second kappa shape index (κ2) is 7.69. The van der Waals surface area contributed by atoms with Crippen LogP contribution in [0.3, 0.4) is 0 Å². The number of aromatic nitrogens is 2. The minimum atomic E-state index is -1.08. The quantitative estimate of drug-likeness (QED) is 0.610. The van der Waals surface area contributed by atoms with Gasteiger partial charge in [-0.05, 0) is 35.7 Å². The molecule has 0 saturated carbocycles. The number of nitrogens with one attached hydrogen (secondary N) is 2. The lowest BCUT2D eigenvalue weighted by molar-refractivity contribution is -0.123. The summed E-state index contributed by atoms with van der Waals surface area (Å²) in [6.07, 6.45) is 4.40. The first-order valence-corrected chi connectivity index (χ1v) is 8.41. The van der Waals surface area contributed by atoms with Crippen molar-refractivity contribution in [2.75, 3.05) is 23.3 Å². The zero-order chi connectivity index (χ0) is 16.6. The van der Waals surface area contributed by atoms with Crippen molar-refractivity contribution in [1.29, 1.82) is 0 Å². The molecule has 3 rings (SSSR count). The van der Waals surface area contributed by atoms with E-state index in [-0.39, 0.29) is 18.4 Å². The molecule has 24 heavy (non-hydrogen) atoms. The molecule has 3 heterocycles. The summed E-state index contributed by atoms with van der Waals surface area (Å²) in [7, 11) is 0. The van der Waals surface area contributed by atoms with Gasteiger partial charge in [-0.15, -0.1) is 12.4 Å². The highest BCUT2D eigenvalue weighted by atomic mass is 79.9. The largest absolute Gasteiger partial charge is 0.384 e. The smallest absolute Gasteiger partial charge is 0.252 e. The Hall–Kier alpha value is -1.35. The van der Waals surface area contributed by atoms with Crippen LogP contribution in [-0.4, -0.2) is 46.2 Å². The highest BCUT2D eigenvalue weighted by Crippen LogP contribution is 2.38. The van der Waals surface area contributed by atoms with E-state index in [9.17, 15) is 9.90 Å². The van der Waals surface area contributed by atoms with Crippen molar-refractivity contribution >= 4 is 56.7 Å². The van der Waals surface area contributed by atoms with Crippen molar-refractivity contribution in [3.05, 3.63) is 16.9 Å². The third-order valence-electron chi connectivity index (χ3n) is 4.04. The van der Waals surface area contributed by atoms with Gasteiger partial charge in [0.15, 0.2) is 0 Å². The minimum absolute atomic E-state index is 0. The summed E-state index contributed by atoms with van der Waals surface area (Å²) in [5.74, 6) is -0.452. The van der Waals surface area contributed by atoms with Crippen LogP contribution in [0.1, 0.15) is 19.8 Å². The zero-order valence-electron chi connectivity index (χ0n) is 13.3. The lowest BCUT2D eigenvalue weighted by Gasteiger charge is -2.33. The van der Waals surface area contributed by atoms with Crippen LogP contribution in [0.5, 0.6) is 0 Å². The van der Waals surface area contributed by atoms with Gasteiger partial charge in [0, 0.05) is 31.5 Å². The summed E-state index contributed by atoms with van der Waals surface area (Å²) in [6.45, 7) is 3.09. The number of pyridine rings is 1. The van der Waals surface area contributed by atoms with Gasteiger partial charge in [0.2, 0.25) is 0 Å². The first-order chi connectivity index (χ1) is 11.0. The number of rotatable bonds is 3. The topological polar surface area (TPSA) is 107 Å². The Morgan fingerprint density at radius 2 is 2.38 bits per heavy atom. The summed E-state index contributed by atoms with van der Waals surface area (Å²) in [5.41, 5.74) is 8.36. The first kappa shape index (κ1) is 19.0. The Balaban J connectivity index is 0.00000208. The lowest BCUT2D eigenvalue weighted by atomic mass is 10.1. The normalized spacial score (nSPS) is 19.0. The number of H-pyrrole nitrogens is 1. The third kappa shape index (κ3) is 3.66. The van der Waals surface area contributed by atoms with Crippen molar-refractivity contribution in [1.82, 2.24) is 9.97 Å². The fourth-order valence-electron chi connectivity index (χ4n) is 2.91. The van der Waals surface area contributed by atoms with Crippen LogP contribution < -0.4 is 16.0 Å². The van der Waals surface area contributed by atoms with Gasteiger partial charge < -0.3 is 26.0 Å². The monoisotopic (exact) mass is 417 g/mol. The molecule has 0 unspecified atom stereocenters. The Morgan fingerprint density at radius 3 is 3.04 bits per heavy atom. The van der Waals surface area contributed by atoms with Gasteiger partial charge in [-0.2, -0.15) is 0 Å². The summed E-state index contributed by atoms with van der Waals surface area (Å²) >= 11 is 3.57. The summed E-state index contributed by atoms with van der Waals surface area (Å²) < 4.78 is 0.853. The van der Waals surface area contributed by atoms with E-state index < -0.39 is 12.0 Å². The molecule has 1 fully saturated rings. The van der Waals surface area contributed by atoms with E-state index >= 15 is 0 Å². The fraction of sp³-hybridized carbons (Fsp3) is 0.467. The predicted octanol–water partition coefficient (Wildman–Crippen LogP) is 1.99. The van der Waals surface area contributed by atoms with Crippen molar-refractivity contribution in [2.24, 2.45) is 5.73 Å². The molecule has 2 atom stereocenters. The SMILES string of the molecule is C[C@H](O)C(=O)Nc1c[nH]c2ncc(Br)c(N3CCC[C@@H](N)C3)c12.Cl. The number of amides is 1. The second-order valence-corrected chi connectivity index (χ2v) is 6.75. The number of aromatic amines is 1. The number of hydrogen-bond donors (Lipinski definition) is 4. The van der Waals surface area contributed by atoms with Crippen LogP contribution in [0.2, 0.25) is 0 Å². The van der Waals surface area contributed by atoms with Gasteiger partial charge in [0.1, 0.15) is 11.8 Å². The summed E-state index contributed by atoms with van der Waals surface area (Å²) in [5, 5.41) is 13.0. The molecular weight excluding hydrogens is 398 g/mol. The van der Waals surface area contributed by atoms with Gasteiger partial charge in [-0.3, -0.25) is 4.79 Å². The molecule has 1 saturated heterocycles. The minimum Gasteiger partial charge on any atom is -0.384 e. The van der Waals surface area contributed by atoms with Gasteiger partial charge >= 0.3 is 0 Å². The highest BCUT2D eigenvalue weighted by molar-refractivity contribution is 9.10. The van der Waals surface area contributed by atoms with Crippen LogP contribution in [-0.2, 0) is 4.79 Å². The molecule has 9 heteroatoms. The average molecular weight is 419 g/mol. The van der Waals surface area contributed by atoms with Crippen LogP contribution in [0.15, 0.2) is 16.9 Å². The maximum atomic E-state index is 11.8. The Morgan fingerprint density at radius 1 is 1.62 bits per heavy atom. The Labute approximate surface area is 154 Å². The number of carbonyl (C=O) groups excluding carboxylic acids is 1. The van der Waals surface area contributed by atoms with Crippen LogP contribution in [0.25, 0.3) is 11.0 Å². The molecule has 0 aliphatic carbocycles. The number of fused-ring (bicyclic) bond motifs is 1. The second-order valence-electron chi connectivity index (χ2n) is 5.89. The maximum Gasteiger partial charge on any atom is 0.252 e. The number of carbonyl (C=O) groups is 1. The summed E-state index contributed by atoms with van der Waals surface area (Å²) in [6, 6.07) is 0.133. The third-order valence-corrected chi connectivity index (χ3v) is 4.62. The number of hydrogen-bond acceptors (Lipinski definition) is 5. The van der Waals surface area contributed by atoms with Gasteiger partial charge in [0.25, 0.3) is 5.91 Å². The van der Waals surface area contributed by atoms with Crippen LogP contribution >= 0.6 is 28.3 Å². The van der Waals surface area contributed by atoms with Crippen molar-refractivity contribution in [3.8, 4) is 0 Å². The van der Waals surface area contributed by atoms with Crippen LogP contribution in [0.4, 0.5) is 11.4 Å². The van der Waals surface area contributed by atoms with Gasteiger partial charge in [-0.1, -0.05) is 0 Å². The predicted molar refractivity (Wildman–Crippen MR) is 101 cm³/mol. The van der Waals surface area contributed by atoms with E-state index in [0.717, 1.165) is 41.5 Å². The number of piperidine rings is 1. The maximum absolute atomic E-state index is 11.8. The van der Waals surface area contributed by atoms with E-state index in [1.165, 1.54) is 6.92 Å². The van der Waals surface area contributed by atoms with E-state index in [2.05, 4.69) is 36.1 Å². The number of aliphatic hydroxyl groups excluding tert-OH is 1. The molecular formula is C15H21BrClN5O2. The van der Waals surface area contributed by atoms with Crippen molar-refractivity contribution < 1.29 is 9.90 Å². The molecule has 132 valence electrons. The van der Waals surface area contributed by atoms with E-state index in [1.54, 1.807) is 12.4 Å². The molecule has 2 aromatic rings. The molecule has 1 amide bonds. The molecule has 1 aliphatic rings. The Kier molecular flexibility index (Phi) is 6.08. The molecule has 2 aromatic heterocycles. The number of nitrogens with two attached hydrogens (primary N) is 1. The fourth-order valence-corrected chi connectivity index (χ4v) is 3.47. The van der Waals surface area contributed by atoms with Gasteiger partial charge in [-0.25, -0.2) is 4.98 Å². The van der Waals surface area contributed by atoms with Gasteiger partial charge in [0.05, 0.1) is 21.2 Å². The number of anilines is 2. The van der Waals surface area contributed by atoms with E-state index in [0.29, 0.717) is 11.3 Å². The standard InChI is InChI=1S/C15H20BrN5O2.ClH/c1-8(22)15(23)20-11-6-19-14-12(11)13(10(16)5-18-14)21-4-2-3-9(17)7-21;/h5-6,8-9,22H,2-4,7,17H2,1H3,(H,18,19)(H,20,23);1H/t8-,9+;/m0./s1. The molecule has 7 nitrogen and oxygen atoms in total. The van der Waals surface area contributed by atoms with E-state index in [4.69, 9.17) is 5.73 Å². The number of halogens is 2. The first-order valence-electron chi connectivity index (χ1n) is 7.62. The zero-order valence-corrected chi connectivity index (χ0v) is 15.7. The van der Waals surface area contributed by atoms with Crippen molar-refractivity contribution in [3.63, 3.8) is 0 Å². The lowest BCUT2D eigenvalue weighted by Crippen LogP contribution is -2.43. The summed E-state index contributed by atoms with van der Waals surface area (Å²) in [4.78, 5) is 21.5. The molecule has 0 bridgehead atoms. The molecule has 1 aliphatic heterocycles. The van der Waals surface area contributed by atoms with E-state index in [1.807, 2.05) is 0 Å².